The Morgan fingerprint density at radius 3 is 2.62 bits per heavy atom. The second-order valence-corrected chi connectivity index (χ2v) is 3.16. The molecule has 1 rings (SSSR count). The molecule has 0 unspecified atom stereocenters. The normalized spacial score (nSPS) is 10.2. The average Bonchev–Trinajstić information content (AvgIpc) is 2.08. The Labute approximate surface area is 86.6 Å². The van der Waals surface area contributed by atoms with Gasteiger partial charge in [-0.25, -0.2) is 0 Å². The van der Waals surface area contributed by atoms with Crippen molar-refractivity contribution in [3.8, 4) is 0 Å². The number of benzene rings is 1. The van der Waals surface area contributed by atoms with Crippen LogP contribution in [-0.2, 0) is 0 Å². The fourth-order valence-corrected chi connectivity index (χ4v) is 0.898. The van der Waals surface area contributed by atoms with Gasteiger partial charge in [0.15, 0.2) is 5.11 Å². The molecule has 0 saturated heterocycles. The maximum atomic E-state index is 5.70. The first-order valence-electron chi connectivity index (χ1n) is 3.52. The minimum Gasteiger partial charge on any atom is -0.375 e. The van der Waals surface area contributed by atoms with Gasteiger partial charge in [0.1, 0.15) is 0 Å². The number of rotatable bonds is 2. The number of hydrogen-bond acceptors (Lipinski definition) is 2. The molecule has 1 aromatic carbocycles. The van der Waals surface area contributed by atoms with Crippen LogP contribution in [0.3, 0.4) is 0 Å². The Kier molecular flexibility index (Phi) is 3.67. The molecule has 0 aliphatic heterocycles. The zero-order chi connectivity index (χ0) is 9.68. The van der Waals surface area contributed by atoms with E-state index in [1.165, 1.54) is 0 Å². The standard InChI is InChI=1S/C8H8ClN3S/c9-7-3-1-6(2-4-7)5-11-12-8(10)13/h1-5H,(H3,10,12,13)/b11-5-. The van der Waals surface area contributed by atoms with Gasteiger partial charge in [-0.05, 0) is 29.9 Å². The number of hydrazone groups is 1. The summed E-state index contributed by atoms with van der Waals surface area (Å²) < 4.78 is 0. The predicted molar refractivity (Wildman–Crippen MR) is 59.0 cm³/mol. The number of nitrogens with one attached hydrogen (secondary N) is 1. The van der Waals surface area contributed by atoms with Crippen molar-refractivity contribution in [1.29, 1.82) is 0 Å². The Morgan fingerprint density at radius 2 is 2.08 bits per heavy atom. The molecule has 0 amide bonds. The van der Waals surface area contributed by atoms with Gasteiger partial charge < -0.3 is 5.73 Å². The molecule has 3 nitrogen and oxygen atoms in total. The number of halogens is 1. The molecular weight excluding hydrogens is 206 g/mol. The molecule has 0 fully saturated rings. The molecule has 0 radical (unpaired) electrons. The van der Waals surface area contributed by atoms with Crippen LogP contribution < -0.4 is 11.2 Å². The Morgan fingerprint density at radius 1 is 1.46 bits per heavy atom. The van der Waals surface area contributed by atoms with Crippen molar-refractivity contribution in [1.82, 2.24) is 5.43 Å². The van der Waals surface area contributed by atoms with E-state index in [2.05, 4.69) is 22.7 Å². The van der Waals surface area contributed by atoms with Crippen LogP contribution in [0.5, 0.6) is 0 Å². The number of hydrogen-bond donors (Lipinski definition) is 2. The number of nitrogens with two attached hydrogens (primary N) is 1. The first kappa shape index (κ1) is 9.95. The first-order valence-corrected chi connectivity index (χ1v) is 4.31. The van der Waals surface area contributed by atoms with Crippen molar-refractivity contribution in [3.05, 3.63) is 34.9 Å². The summed E-state index contributed by atoms with van der Waals surface area (Å²) >= 11 is 10.3. The molecule has 0 atom stereocenters. The highest BCUT2D eigenvalue weighted by atomic mass is 35.5. The van der Waals surface area contributed by atoms with E-state index in [1.54, 1.807) is 18.3 Å². The molecule has 68 valence electrons. The molecule has 5 heteroatoms. The van der Waals surface area contributed by atoms with Crippen LogP contribution in [0.1, 0.15) is 5.56 Å². The van der Waals surface area contributed by atoms with Gasteiger partial charge in [-0.3, -0.25) is 5.43 Å². The SMILES string of the molecule is NC(=S)N/N=C\c1ccc(Cl)cc1. The van der Waals surface area contributed by atoms with Gasteiger partial charge in [-0.2, -0.15) is 5.10 Å². The van der Waals surface area contributed by atoms with Crippen molar-refractivity contribution < 1.29 is 0 Å². The van der Waals surface area contributed by atoms with Crippen LogP contribution in [0.15, 0.2) is 29.4 Å². The second kappa shape index (κ2) is 4.79. The molecule has 0 aromatic heterocycles. The molecule has 0 saturated carbocycles. The van der Waals surface area contributed by atoms with Crippen molar-refractivity contribution in [2.24, 2.45) is 10.8 Å². The average molecular weight is 214 g/mol. The van der Waals surface area contributed by atoms with Crippen molar-refractivity contribution in [2.75, 3.05) is 0 Å². The third kappa shape index (κ3) is 3.87. The van der Waals surface area contributed by atoms with Gasteiger partial charge in [0.25, 0.3) is 0 Å². The molecule has 0 aliphatic carbocycles. The highest BCUT2D eigenvalue weighted by Crippen LogP contribution is 2.07. The molecule has 3 N–H and O–H groups in total. The van der Waals surface area contributed by atoms with Crippen molar-refractivity contribution >= 4 is 35.1 Å². The molecule has 0 heterocycles. The molecule has 1 aromatic rings. The summed E-state index contributed by atoms with van der Waals surface area (Å²) in [5.74, 6) is 0. The van der Waals surface area contributed by atoms with E-state index in [9.17, 15) is 0 Å². The van der Waals surface area contributed by atoms with Gasteiger partial charge in [-0.15, -0.1) is 0 Å². The highest BCUT2D eigenvalue weighted by molar-refractivity contribution is 7.80. The minimum absolute atomic E-state index is 0.144. The lowest BCUT2D eigenvalue weighted by Crippen LogP contribution is -2.23. The van der Waals surface area contributed by atoms with Crippen molar-refractivity contribution in [3.63, 3.8) is 0 Å². The van der Waals surface area contributed by atoms with Gasteiger partial charge in [0, 0.05) is 5.02 Å². The third-order valence-electron chi connectivity index (χ3n) is 1.26. The summed E-state index contributed by atoms with van der Waals surface area (Å²) in [7, 11) is 0. The van der Waals surface area contributed by atoms with Crippen LogP contribution in [0, 0.1) is 0 Å². The van der Waals surface area contributed by atoms with E-state index in [0.717, 1.165) is 5.56 Å². The summed E-state index contributed by atoms with van der Waals surface area (Å²) in [6.07, 6.45) is 1.61. The molecule has 0 bridgehead atoms. The zero-order valence-corrected chi connectivity index (χ0v) is 8.27. The van der Waals surface area contributed by atoms with Gasteiger partial charge >= 0.3 is 0 Å². The summed E-state index contributed by atoms with van der Waals surface area (Å²) in [4.78, 5) is 0. The zero-order valence-electron chi connectivity index (χ0n) is 6.70. The van der Waals surface area contributed by atoms with E-state index in [1.807, 2.05) is 12.1 Å². The maximum Gasteiger partial charge on any atom is 0.184 e. The second-order valence-electron chi connectivity index (χ2n) is 2.29. The third-order valence-corrected chi connectivity index (χ3v) is 1.60. The van der Waals surface area contributed by atoms with Gasteiger partial charge in [-0.1, -0.05) is 23.7 Å². The van der Waals surface area contributed by atoms with Crippen LogP contribution in [0.2, 0.25) is 5.02 Å². The minimum atomic E-state index is 0.144. The fourth-order valence-electron chi connectivity index (χ4n) is 0.719. The largest absolute Gasteiger partial charge is 0.375 e. The van der Waals surface area contributed by atoms with Crippen LogP contribution in [-0.4, -0.2) is 11.3 Å². The lowest BCUT2D eigenvalue weighted by Gasteiger charge is -1.94. The van der Waals surface area contributed by atoms with E-state index in [-0.39, 0.29) is 5.11 Å². The van der Waals surface area contributed by atoms with Crippen LogP contribution in [0.4, 0.5) is 0 Å². The highest BCUT2D eigenvalue weighted by Gasteiger charge is 1.87. The van der Waals surface area contributed by atoms with Crippen LogP contribution in [0.25, 0.3) is 0 Å². The molecule has 13 heavy (non-hydrogen) atoms. The first-order chi connectivity index (χ1) is 6.18. The molecule has 0 spiro atoms. The Hall–Kier alpha value is -1.13. The monoisotopic (exact) mass is 213 g/mol. The van der Waals surface area contributed by atoms with Gasteiger partial charge in [0.05, 0.1) is 6.21 Å². The smallest absolute Gasteiger partial charge is 0.184 e. The quantitative estimate of drug-likeness (QED) is 0.445. The van der Waals surface area contributed by atoms with Crippen molar-refractivity contribution in [2.45, 2.75) is 0 Å². The number of thiocarbonyl (C=S) groups is 1. The Balaban J connectivity index is 2.59. The summed E-state index contributed by atoms with van der Waals surface area (Å²) in [6, 6.07) is 7.24. The molecule has 0 aliphatic rings. The summed E-state index contributed by atoms with van der Waals surface area (Å²) in [5.41, 5.74) is 8.54. The summed E-state index contributed by atoms with van der Waals surface area (Å²) in [6.45, 7) is 0. The topological polar surface area (TPSA) is 50.4 Å². The molecular formula is C8H8ClN3S. The van der Waals surface area contributed by atoms with E-state index < -0.39 is 0 Å². The lowest BCUT2D eigenvalue weighted by molar-refractivity contribution is 1.04. The lowest BCUT2D eigenvalue weighted by atomic mass is 10.2. The van der Waals surface area contributed by atoms with Gasteiger partial charge in [0.2, 0.25) is 0 Å². The van der Waals surface area contributed by atoms with E-state index >= 15 is 0 Å². The van der Waals surface area contributed by atoms with Crippen LogP contribution >= 0.6 is 23.8 Å². The number of nitrogens with zero attached hydrogens (tertiary/aromatic N) is 1. The predicted octanol–water partition coefficient (Wildman–Crippen LogP) is 1.51. The maximum absolute atomic E-state index is 5.70. The van der Waals surface area contributed by atoms with E-state index in [0.29, 0.717) is 5.02 Å². The Bertz CT molecular complexity index is 321. The fraction of sp³-hybridized carbons (Fsp3) is 0. The van der Waals surface area contributed by atoms with E-state index in [4.69, 9.17) is 17.3 Å². The summed E-state index contributed by atoms with van der Waals surface area (Å²) in [5, 5.41) is 4.62.